The monoisotopic (exact) mass is 415 g/mol. The average Bonchev–Trinajstić information content (AvgIpc) is 2.73. The topological polar surface area (TPSA) is 80.1 Å². The van der Waals surface area contributed by atoms with Crippen molar-refractivity contribution in [2.75, 3.05) is 28.1 Å². The SMILES string of the molecule is COCOCc1c(C2c3cc(C)c(C)cc3CCC2[N+](=O)[O-])ccc(OC)c1OC. The molecule has 0 aliphatic heterocycles. The van der Waals surface area contributed by atoms with Crippen LogP contribution in [0, 0.1) is 24.0 Å². The Morgan fingerprint density at radius 2 is 1.80 bits per heavy atom. The van der Waals surface area contributed by atoms with Gasteiger partial charge in [0.1, 0.15) is 6.79 Å². The summed E-state index contributed by atoms with van der Waals surface area (Å²) in [4.78, 5) is 11.9. The van der Waals surface area contributed by atoms with Crippen LogP contribution in [-0.2, 0) is 22.5 Å². The zero-order chi connectivity index (χ0) is 21.8. The summed E-state index contributed by atoms with van der Waals surface area (Å²) in [6.45, 7) is 4.42. The van der Waals surface area contributed by atoms with E-state index in [1.165, 1.54) is 11.1 Å². The van der Waals surface area contributed by atoms with Gasteiger partial charge in [-0.05, 0) is 54.2 Å². The molecule has 0 bridgehead atoms. The molecule has 2 aromatic carbocycles. The lowest BCUT2D eigenvalue weighted by atomic mass is 9.73. The summed E-state index contributed by atoms with van der Waals surface area (Å²) in [5.41, 5.74) is 6.07. The van der Waals surface area contributed by atoms with Crippen LogP contribution in [0.2, 0.25) is 0 Å². The summed E-state index contributed by atoms with van der Waals surface area (Å²) in [6, 6.07) is 7.24. The van der Waals surface area contributed by atoms with Gasteiger partial charge in [-0.25, -0.2) is 0 Å². The summed E-state index contributed by atoms with van der Waals surface area (Å²) < 4.78 is 21.8. The van der Waals surface area contributed by atoms with Crippen LogP contribution in [0.3, 0.4) is 0 Å². The molecule has 0 amide bonds. The number of benzene rings is 2. The van der Waals surface area contributed by atoms with Crippen LogP contribution in [0.15, 0.2) is 24.3 Å². The molecule has 0 fully saturated rings. The van der Waals surface area contributed by atoms with E-state index in [4.69, 9.17) is 18.9 Å². The molecule has 0 spiro atoms. The van der Waals surface area contributed by atoms with Gasteiger partial charge in [0.25, 0.3) is 0 Å². The van der Waals surface area contributed by atoms with Crippen LogP contribution < -0.4 is 9.47 Å². The third-order valence-electron chi connectivity index (χ3n) is 5.92. The van der Waals surface area contributed by atoms with Crippen LogP contribution >= 0.6 is 0 Å². The molecule has 2 unspecified atom stereocenters. The molecule has 7 nitrogen and oxygen atoms in total. The summed E-state index contributed by atoms with van der Waals surface area (Å²) in [7, 11) is 4.68. The van der Waals surface area contributed by atoms with Gasteiger partial charge in [0.2, 0.25) is 6.04 Å². The van der Waals surface area contributed by atoms with E-state index in [0.29, 0.717) is 24.3 Å². The quantitative estimate of drug-likeness (QED) is 0.279. The first-order valence-electron chi connectivity index (χ1n) is 9.96. The normalized spacial score (nSPS) is 18.0. The number of rotatable bonds is 8. The van der Waals surface area contributed by atoms with Crippen LogP contribution in [0.1, 0.15) is 45.7 Å². The lowest BCUT2D eigenvalue weighted by Gasteiger charge is -2.31. The van der Waals surface area contributed by atoms with E-state index in [1.54, 1.807) is 27.4 Å². The van der Waals surface area contributed by atoms with Gasteiger partial charge in [0.05, 0.1) is 26.7 Å². The molecule has 162 valence electrons. The van der Waals surface area contributed by atoms with Gasteiger partial charge in [-0.15, -0.1) is 0 Å². The van der Waals surface area contributed by atoms with E-state index in [1.807, 2.05) is 13.0 Å². The van der Waals surface area contributed by atoms with Gasteiger partial charge < -0.3 is 18.9 Å². The minimum Gasteiger partial charge on any atom is -0.493 e. The second kappa shape index (κ2) is 9.45. The maximum absolute atomic E-state index is 12.0. The molecule has 3 rings (SSSR count). The predicted octanol–water partition coefficient (Wildman–Crippen LogP) is 4.16. The molecule has 2 atom stereocenters. The largest absolute Gasteiger partial charge is 0.493 e. The third-order valence-corrected chi connectivity index (χ3v) is 5.92. The van der Waals surface area contributed by atoms with Crippen molar-refractivity contribution in [3.05, 3.63) is 67.8 Å². The highest BCUT2D eigenvalue weighted by Crippen LogP contribution is 2.45. The van der Waals surface area contributed by atoms with Gasteiger partial charge in [0.15, 0.2) is 11.5 Å². The van der Waals surface area contributed by atoms with Crippen molar-refractivity contribution in [1.29, 1.82) is 0 Å². The molecule has 1 aliphatic carbocycles. The Morgan fingerprint density at radius 3 is 2.43 bits per heavy atom. The van der Waals surface area contributed by atoms with Crippen LogP contribution in [-0.4, -0.2) is 39.1 Å². The van der Waals surface area contributed by atoms with Crippen LogP contribution in [0.25, 0.3) is 0 Å². The van der Waals surface area contributed by atoms with E-state index in [9.17, 15) is 10.1 Å². The number of fused-ring (bicyclic) bond motifs is 1. The summed E-state index contributed by atoms with van der Waals surface area (Å²) in [6.07, 6.45) is 1.18. The van der Waals surface area contributed by atoms with Gasteiger partial charge in [-0.1, -0.05) is 18.2 Å². The van der Waals surface area contributed by atoms with Crippen molar-refractivity contribution in [2.45, 2.75) is 45.3 Å². The average molecular weight is 415 g/mol. The van der Waals surface area contributed by atoms with Gasteiger partial charge in [-0.2, -0.15) is 0 Å². The molecule has 0 aromatic heterocycles. The fraction of sp³-hybridized carbons (Fsp3) is 0.478. The summed E-state index contributed by atoms with van der Waals surface area (Å²) in [5.74, 6) is 0.694. The minimum atomic E-state index is -0.723. The Labute approximate surface area is 177 Å². The van der Waals surface area contributed by atoms with E-state index >= 15 is 0 Å². The minimum absolute atomic E-state index is 0.109. The Hall–Kier alpha value is -2.64. The number of ether oxygens (including phenoxy) is 4. The Morgan fingerprint density at radius 1 is 1.07 bits per heavy atom. The van der Waals surface area contributed by atoms with Crippen molar-refractivity contribution in [3.8, 4) is 11.5 Å². The molecule has 7 heteroatoms. The van der Waals surface area contributed by atoms with E-state index < -0.39 is 12.0 Å². The van der Waals surface area contributed by atoms with Crippen molar-refractivity contribution < 1.29 is 23.9 Å². The fourth-order valence-electron chi connectivity index (χ4n) is 4.36. The molecular weight excluding hydrogens is 386 g/mol. The maximum Gasteiger partial charge on any atom is 0.224 e. The van der Waals surface area contributed by atoms with Crippen molar-refractivity contribution in [1.82, 2.24) is 0 Å². The third kappa shape index (κ3) is 4.13. The van der Waals surface area contributed by atoms with E-state index in [2.05, 4.69) is 19.1 Å². The number of aryl methyl sites for hydroxylation is 3. The molecule has 0 saturated heterocycles. The number of nitro groups is 1. The fourth-order valence-corrected chi connectivity index (χ4v) is 4.36. The highest BCUT2D eigenvalue weighted by molar-refractivity contribution is 5.55. The van der Waals surface area contributed by atoms with E-state index in [0.717, 1.165) is 22.3 Å². The zero-order valence-corrected chi connectivity index (χ0v) is 18.2. The first-order chi connectivity index (χ1) is 14.4. The number of nitrogens with zero attached hydrogens (tertiary/aromatic N) is 1. The van der Waals surface area contributed by atoms with E-state index in [-0.39, 0.29) is 18.3 Å². The van der Waals surface area contributed by atoms with Gasteiger partial charge >= 0.3 is 0 Å². The smallest absolute Gasteiger partial charge is 0.224 e. The lowest BCUT2D eigenvalue weighted by Crippen LogP contribution is -2.34. The second-order valence-electron chi connectivity index (χ2n) is 7.63. The Bertz CT molecular complexity index is 926. The highest BCUT2D eigenvalue weighted by atomic mass is 16.7. The van der Waals surface area contributed by atoms with Crippen LogP contribution in [0.5, 0.6) is 11.5 Å². The highest BCUT2D eigenvalue weighted by Gasteiger charge is 2.40. The van der Waals surface area contributed by atoms with Gasteiger partial charge in [0, 0.05) is 24.0 Å². The Balaban J connectivity index is 2.23. The lowest BCUT2D eigenvalue weighted by molar-refractivity contribution is -0.526. The molecule has 0 radical (unpaired) electrons. The molecular formula is C23H29NO6. The first kappa shape index (κ1) is 22.1. The first-order valence-corrected chi connectivity index (χ1v) is 9.96. The molecule has 0 saturated carbocycles. The number of hydrogen-bond donors (Lipinski definition) is 0. The summed E-state index contributed by atoms with van der Waals surface area (Å²) >= 11 is 0. The molecule has 0 N–H and O–H groups in total. The second-order valence-corrected chi connectivity index (χ2v) is 7.63. The molecule has 1 aliphatic rings. The van der Waals surface area contributed by atoms with Crippen molar-refractivity contribution >= 4 is 0 Å². The number of hydrogen-bond acceptors (Lipinski definition) is 6. The predicted molar refractivity (Wildman–Crippen MR) is 113 cm³/mol. The maximum atomic E-state index is 12.0. The van der Waals surface area contributed by atoms with Gasteiger partial charge in [-0.3, -0.25) is 10.1 Å². The summed E-state index contributed by atoms with van der Waals surface area (Å²) in [5, 5.41) is 12.0. The number of methoxy groups -OCH3 is 3. The standard InChI is InChI=1S/C23H29NO6/c1-14-10-16-6-8-20(24(25)26)22(18(16)11-15(14)2)17-7-9-21(28-4)23(29-5)19(17)12-30-13-27-3/h7,9-11,20,22H,6,8,12-13H2,1-5H3. The van der Waals surface area contributed by atoms with Crippen molar-refractivity contribution in [3.63, 3.8) is 0 Å². The molecule has 0 heterocycles. The zero-order valence-electron chi connectivity index (χ0n) is 18.2. The van der Waals surface area contributed by atoms with Crippen LogP contribution in [0.4, 0.5) is 0 Å². The molecule has 2 aromatic rings. The Kier molecular flexibility index (Phi) is 6.95. The van der Waals surface area contributed by atoms with Crippen molar-refractivity contribution in [2.24, 2.45) is 0 Å². The molecule has 30 heavy (non-hydrogen) atoms.